The standard InChI is InChI=1S/C18H19N3OS3/c1-11(17-10-24-13(3)21-17)19-18(22)14-4-6-16(7-5-14)25-9-15-8-23-12(2)20-15/h4-8,10-11H,9H2,1-3H3,(H,19,22). The van der Waals surface area contributed by atoms with E-state index in [1.807, 2.05) is 50.4 Å². The number of amides is 1. The van der Waals surface area contributed by atoms with E-state index in [1.54, 1.807) is 34.4 Å². The van der Waals surface area contributed by atoms with Gasteiger partial charge in [-0.3, -0.25) is 4.79 Å². The molecule has 0 bridgehead atoms. The predicted molar refractivity (Wildman–Crippen MR) is 106 cm³/mol. The fourth-order valence-corrected chi connectivity index (χ4v) is 4.48. The van der Waals surface area contributed by atoms with Gasteiger partial charge in [0.25, 0.3) is 5.91 Å². The molecule has 0 saturated heterocycles. The largest absolute Gasteiger partial charge is 0.344 e. The van der Waals surface area contributed by atoms with E-state index >= 15 is 0 Å². The van der Waals surface area contributed by atoms with Crippen LogP contribution in [0, 0.1) is 13.8 Å². The molecular weight excluding hydrogens is 370 g/mol. The average molecular weight is 390 g/mol. The highest BCUT2D eigenvalue weighted by Crippen LogP contribution is 2.24. The van der Waals surface area contributed by atoms with Crippen LogP contribution in [0.2, 0.25) is 0 Å². The maximum atomic E-state index is 12.4. The van der Waals surface area contributed by atoms with E-state index in [0.717, 1.165) is 32.1 Å². The minimum Gasteiger partial charge on any atom is -0.344 e. The zero-order chi connectivity index (χ0) is 17.8. The highest BCUT2D eigenvalue weighted by molar-refractivity contribution is 7.98. The van der Waals surface area contributed by atoms with Gasteiger partial charge in [0.2, 0.25) is 0 Å². The van der Waals surface area contributed by atoms with Gasteiger partial charge in [0.15, 0.2) is 0 Å². The fourth-order valence-electron chi connectivity index (χ4n) is 2.27. The Kier molecular flexibility index (Phi) is 5.88. The van der Waals surface area contributed by atoms with Gasteiger partial charge in [-0.1, -0.05) is 0 Å². The number of carbonyl (C=O) groups is 1. The molecule has 0 aliphatic heterocycles. The minimum atomic E-state index is -0.0978. The molecule has 25 heavy (non-hydrogen) atoms. The molecule has 0 saturated carbocycles. The Bertz CT molecular complexity index is 855. The van der Waals surface area contributed by atoms with Crippen LogP contribution in [0.4, 0.5) is 0 Å². The van der Waals surface area contributed by atoms with Crippen LogP contribution in [0.5, 0.6) is 0 Å². The zero-order valence-electron chi connectivity index (χ0n) is 14.3. The lowest BCUT2D eigenvalue weighted by atomic mass is 10.2. The van der Waals surface area contributed by atoms with Crippen LogP contribution in [0.15, 0.2) is 39.9 Å². The number of thioether (sulfide) groups is 1. The molecule has 0 spiro atoms. The van der Waals surface area contributed by atoms with Crippen LogP contribution in [-0.4, -0.2) is 15.9 Å². The molecule has 1 amide bonds. The SMILES string of the molecule is Cc1nc(CSc2ccc(C(=O)NC(C)c3csc(C)n3)cc2)cs1. The minimum absolute atomic E-state index is 0.0789. The summed E-state index contributed by atoms with van der Waals surface area (Å²) in [4.78, 5) is 22.4. The molecule has 130 valence electrons. The molecule has 0 radical (unpaired) electrons. The number of aromatic nitrogens is 2. The number of carbonyl (C=O) groups excluding carboxylic acids is 1. The predicted octanol–water partition coefficient (Wildman–Crippen LogP) is 5.00. The second-order valence-electron chi connectivity index (χ2n) is 5.66. The van der Waals surface area contributed by atoms with E-state index < -0.39 is 0 Å². The first-order chi connectivity index (χ1) is 12.0. The maximum Gasteiger partial charge on any atom is 0.251 e. The number of thiazole rings is 2. The third kappa shape index (κ3) is 4.90. The van der Waals surface area contributed by atoms with Gasteiger partial charge in [-0.15, -0.1) is 34.4 Å². The van der Waals surface area contributed by atoms with Gasteiger partial charge in [-0.2, -0.15) is 0 Å². The molecule has 1 N–H and O–H groups in total. The summed E-state index contributed by atoms with van der Waals surface area (Å²) in [6.07, 6.45) is 0. The highest BCUT2D eigenvalue weighted by Gasteiger charge is 2.13. The second kappa shape index (κ2) is 8.12. The molecule has 3 rings (SSSR count). The van der Waals surface area contributed by atoms with Crippen molar-refractivity contribution in [2.45, 2.75) is 37.5 Å². The Morgan fingerprint density at radius 3 is 2.40 bits per heavy atom. The molecule has 1 aromatic carbocycles. The van der Waals surface area contributed by atoms with E-state index in [1.165, 1.54) is 0 Å². The Morgan fingerprint density at radius 2 is 1.80 bits per heavy atom. The Morgan fingerprint density at radius 1 is 1.12 bits per heavy atom. The molecule has 2 heterocycles. The van der Waals surface area contributed by atoms with Crippen LogP contribution in [0.25, 0.3) is 0 Å². The summed E-state index contributed by atoms with van der Waals surface area (Å²) in [7, 11) is 0. The molecule has 7 heteroatoms. The summed E-state index contributed by atoms with van der Waals surface area (Å²) >= 11 is 4.99. The van der Waals surface area contributed by atoms with E-state index in [2.05, 4.69) is 20.7 Å². The summed E-state index contributed by atoms with van der Waals surface area (Å²) < 4.78 is 0. The third-order valence-electron chi connectivity index (χ3n) is 3.60. The molecule has 0 aliphatic carbocycles. The Labute approximate surface area is 159 Å². The van der Waals surface area contributed by atoms with Crippen molar-refractivity contribution in [3.63, 3.8) is 0 Å². The number of aryl methyl sites for hydroxylation is 2. The fraction of sp³-hybridized carbons (Fsp3) is 0.278. The van der Waals surface area contributed by atoms with Crippen molar-refractivity contribution in [3.05, 3.63) is 62.0 Å². The van der Waals surface area contributed by atoms with Gasteiger partial charge >= 0.3 is 0 Å². The number of hydrogen-bond donors (Lipinski definition) is 1. The van der Waals surface area contributed by atoms with E-state index in [0.29, 0.717) is 5.56 Å². The lowest BCUT2D eigenvalue weighted by Crippen LogP contribution is -2.26. The first kappa shape index (κ1) is 18.1. The number of rotatable bonds is 6. The number of nitrogens with zero attached hydrogens (tertiary/aromatic N) is 2. The van der Waals surface area contributed by atoms with Crippen LogP contribution in [0.3, 0.4) is 0 Å². The van der Waals surface area contributed by atoms with Crippen LogP contribution >= 0.6 is 34.4 Å². The van der Waals surface area contributed by atoms with Crippen molar-refractivity contribution in [1.82, 2.24) is 15.3 Å². The first-order valence-corrected chi connectivity index (χ1v) is 10.6. The highest BCUT2D eigenvalue weighted by atomic mass is 32.2. The quantitative estimate of drug-likeness (QED) is 0.603. The first-order valence-electron chi connectivity index (χ1n) is 7.88. The molecule has 2 aromatic heterocycles. The summed E-state index contributed by atoms with van der Waals surface area (Å²) in [6, 6.07) is 7.60. The van der Waals surface area contributed by atoms with Gasteiger partial charge in [-0.25, -0.2) is 9.97 Å². The molecule has 0 aliphatic rings. The lowest BCUT2D eigenvalue weighted by Gasteiger charge is -2.12. The molecule has 0 fully saturated rings. The number of nitrogens with one attached hydrogen (secondary N) is 1. The van der Waals surface area contributed by atoms with E-state index in [4.69, 9.17) is 0 Å². The second-order valence-corrected chi connectivity index (χ2v) is 8.83. The zero-order valence-corrected chi connectivity index (χ0v) is 16.7. The lowest BCUT2D eigenvalue weighted by molar-refractivity contribution is 0.0939. The van der Waals surface area contributed by atoms with Crippen molar-refractivity contribution in [2.24, 2.45) is 0 Å². The van der Waals surface area contributed by atoms with E-state index in [9.17, 15) is 4.79 Å². The average Bonchev–Trinajstić information content (AvgIpc) is 3.21. The number of hydrogen-bond acceptors (Lipinski definition) is 6. The van der Waals surface area contributed by atoms with Gasteiger partial charge < -0.3 is 5.32 Å². The Hall–Kier alpha value is -1.70. The summed E-state index contributed by atoms with van der Waals surface area (Å²) in [6.45, 7) is 5.93. The van der Waals surface area contributed by atoms with Crippen LogP contribution < -0.4 is 5.32 Å². The van der Waals surface area contributed by atoms with Crippen molar-refractivity contribution in [3.8, 4) is 0 Å². The van der Waals surface area contributed by atoms with Crippen LogP contribution in [0.1, 0.15) is 44.7 Å². The molecule has 1 atom stereocenters. The summed E-state index contributed by atoms with van der Waals surface area (Å²) in [5.41, 5.74) is 2.66. The molecule has 3 aromatic rings. The summed E-state index contributed by atoms with van der Waals surface area (Å²) in [5, 5.41) is 9.17. The van der Waals surface area contributed by atoms with Crippen LogP contribution in [-0.2, 0) is 5.75 Å². The van der Waals surface area contributed by atoms with Gasteiger partial charge in [0.1, 0.15) is 0 Å². The topological polar surface area (TPSA) is 54.9 Å². The molecular formula is C18H19N3OS3. The third-order valence-corrected chi connectivity index (χ3v) is 6.26. The van der Waals surface area contributed by atoms with Crippen molar-refractivity contribution in [2.75, 3.05) is 0 Å². The Balaban J connectivity index is 1.56. The van der Waals surface area contributed by atoms with Gasteiger partial charge in [0, 0.05) is 27.0 Å². The normalized spacial score (nSPS) is 12.1. The van der Waals surface area contributed by atoms with Gasteiger partial charge in [-0.05, 0) is 45.0 Å². The number of benzene rings is 1. The van der Waals surface area contributed by atoms with Gasteiger partial charge in [0.05, 0.1) is 27.4 Å². The molecule has 1 unspecified atom stereocenters. The summed E-state index contributed by atoms with van der Waals surface area (Å²) in [5.74, 6) is 0.764. The smallest absolute Gasteiger partial charge is 0.251 e. The maximum absolute atomic E-state index is 12.4. The van der Waals surface area contributed by atoms with E-state index in [-0.39, 0.29) is 11.9 Å². The monoisotopic (exact) mass is 389 g/mol. The van der Waals surface area contributed by atoms with Crippen molar-refractivity contribution >= 4 is 40.3 Å². The van der Waals surface area contributed by atoms with Crippen molar-refractivity contribution < 1.29 is 4.79 Å². The molecule has 4 nitrogen and oxygen atoms in total. The van der Waals surface area contributed by atoms with Crippen molar-refractivity contribution in [1.29, 1.82) is 0 Å².